The minimum Gasteiger partial charge on any atom is -0.338 e. The Morgan fingerprint density at radius 3 is 2.56 bits per heavy atom. The fraction of sp³-hybridized carbons (Fsp3) is 0.769. The van der Waals surface area contributed by atoms with Crippen LogP contribution in [0.4, 0.5) is 0 Å². The lowest BCUT2D eigenvalue weighted by molar-refractivity contribution is 0.306. The van der Waals surface area contributed by atoms with E-state index in [2.05, 4.69) is 49.7 Å². The minimum atomic E-state index is 0.384. The summed E-state index contributed by atoms with van der Waals surface area (Å²) in [5, 5.41) is 3.40. The molecule has 1 heterocycles. The first-order valence-corrected chi connectivity index (χ1v) is 6.06. The minimum absolute atomic E-state index is 0.384. The maximum absolute atomic E-state index is 4.35. The Morgan fingerprint density at radius 1 is 1.44 bits per heavy atom. The molecule has 0 aliphatic carbocycles. The van der Waals surface area contributed by atoms with E-state index in [0.717, 1.165) is 12.8 Å². The zero-order valence-electron chi connectivity index (χ0n) is 11.2. The van der Waals surface area contributed by atoms with E-state index >= 15 is 0 Å². The van der Waals surface area contributed by atoms with Crippen molar-refractivity contribution in [2.24, 2.45) is 12.5 Å². The first kappa shape index (κ1) is 13.2. The Balaban J connectivity index is 2.43. The number of imidazole rings is 1. The molecule has 16 heavy (non-hydrogen) atoms. The van der Waals surface area contributed by atoms with Gasteiger partial charge in [0.25, 0.3) is 0 Å². The van der Waals surface area contributed by atoms with Gasteiger partial charge in [0.15, 0.2) is 0 Å². The van der Waals surface area contributed by atoms with Gasteiger partial charge in [0.1, 0.15) is 5.82 Å². The zero-order chi connectivity index (χ0) is 12.2. The molecule has 92 valence electrons. The second-order valence-electron chi connectivity index (χ2n) is 5.74. The molecule has 0 bridgehead atoms. The molecule has 1 rings (SSSR count). The molecule has 0 aliphatic heterocycles. The monoisotopic (exact) mass is 223 g/mol. The molecule has 0 aromatic carbocycles. The van der Waals surface area contributed by atoms with Crippen LogP contribution >= 0.6 is 0 Å². The smallest absolute Gasteiger partial charge is 0.108 e. The molecule has 0 radical (unpaired) electrons. The first-order valence-electron chi connectivity index (χ1n) is 6.06. The van der Waals surface area contributed by atoms with Crippen molar-refractivity contribution in [1.82, 2.24) is 14.9 Å². The van der Waals surface area contributed by atoms with Gasteiger partial charge in [-0.3, -0.25) is 0 Å². The molecule has 0 spiro atoms. The third-order valence-corrected chi connectivity index (χ3v) is 2.90. The Morgan fingerprint density at radius 2 is 2.12 bits per heavy atom. The molecular weight excluding hydrogens is 198 g/mol. The van der Waals surface area contributed by atoms with Gasteiger partial charge in [0, 0.05) is 31.9 Å². The van der Waals surface area contributed by atoms with Crippen molar-refractivity contribution in [3.05, 3.63) is 18.2 Å². The summed E-state index contributed by atoms with van der Waals surface area (Å²) in [5.74, 6) is 1.18. The molecule has 1 N–H and O–H groups in total. The predicted molar refractivity (Wildman–Crippen MR) is 68.4 cm³/mol. The third-order valence-electron chi connectivity index (χ3n) is 2.90. The number of aromatic nitrogens is 2. The van der Waals surface area contributed by atoms with Crippen LogP contribution in [0.1, 0.15) is 39.4 Å². The molecular formula is C13H25N3. The Hall–Kier alpha value is -0.830. The van der Waals surface area contributed by atoms with E-state index in [-0.39, 0.29) is 0 Å². The van der Waals surface area contributed by atoms with E-state index in [1.807, 2.05) is 12.4 Å². The molecule has 0 fully saturated rings. The maximum Gasteiger partial charge on any atom is 0.108 e. The van der Waals surface area contributed by atoms with Crippen molar-refractivity contribution in [3.63, 3.8) is 0 Å². The number of aryl methyl sites for hydroxylation is 2. The van der Waals surface area contributed by atoms with Gasteiger partial charge in [-0.2, -0.15) is 0 Å². The van der Waals surface area contributed by atoms with Gasteiger partial charge in [0.2, 0.25) is 0 Å². The van der Waals surface area contributed by atoms with Gasteiger partial charge in [-0.1, -0.05) is 20.8 Å². The second-order valence-corrected chi connectivity index (χ2v) is 5.74. The van der Waals surface area contributed by atoms with Crippen LogP contribution in [0.25, 0.3) is 0 Å². The lowest BCUT2D eigenvalue weighted by Crippen LogP contribution is -2.30. The van der Waals surface area contributed by atoms with Gasteiger partial charge in [0.05, 0.1) is 0 Å². The lowest BCUT2D eigenvalue weighted by Gasteiger charge is -2.25. The van der Waals surface area contributed by atoms with Crippen LogP contribution in [-0.2, 0) is 13.5 Å². The summed E-state index contributed by atoms with van der Waals surface area (Å²) >= 11 is 0. The zero-order valence-corrected chi connectivity index (χ0v) is 11.2. The largest absolute Gasteiger partial charge is 0.338 e. The Kier molecular flexibility index (Phi) is 4.54. The van der Waals surface area contributed by atoms with Gasteiger partial charge in [-0.05, 0) is 25.3 Å². The van der Waals surface area contributed by atoms with E-state index in [1.54, 1.807) is 0 Å². The predicted octanol–water partition coefficient (Wildman–Crippen LogP) is 2.38. The fourth-order valence-corrected chi connectivity index (χ4v) is 2.03. The molecule has 3 nitrogen and oxygen atoms in total. The van der Waals surface area contributed by atoms with Crippen molar-refractivity contribution in [3.8, 4) is 0 Å². The standard InChI is InChI=1S/C13H25N3/c1-13(2,3)10-11(14-4)6-7-12-15-8-9-16(12)5/h8-9,11,14H,6-7,10H2,1-5H3. The van der Waals surface area contributed by atoms with E-state index in [4.69, 9.17) is 0 Å². The van der Waals surface area contributed by atoms with Crippen LogP contribution in [0, 0.1) is 5.41 Å². The molecule has 0 amide bonds. The van der Waals surface area contributed by atoms with E-state index in [9.17, 15) is 0 Å². The van der Waals surface area contributed by atoms with Gasteiger partial charge in [-0.15, -0.1) is 0 Å². The van der Waals surface area contributed by atoms with Crippen LogP contribution in [0.3, 0.4) is 0 Å². The molecule has 0 aliphatic rings. The SMILES string of the molecule is CNC(CCc1nccn1C)CC(C)(C)C. The molecule has 0 saturated carbocycles. The average molecular weight is 223 g/mol. The van der Waals surface area contributed by atoms with Crippen molar-refractivity contribution in [2.75, 3.05) is 7.05 Å². The Labute approximate surface area is 99.3 Å². The van der Waals surface area contributed by atoms with E-state index in [0.29, 0.717) is 11.5 Å². The highest BCUT2D eigenvalue weighted by Gasteiger charge is 2.17. The summed E-state index contributed by atoms with van der Waals surface area (Å²) in [6.45, 7) is 6.87. The molecule has 0 saturated heterocycles. The van der Waals surface area contributed by atoms with Crippen molar-refractivity contribution in [2.45, 2.75) is 46.1 Å². The summed E-state index contributed by atoms with van der Waals surface area (Å²) in [6, 6.07) is 0.580. The molecule has 1 aromatic rings. The van der Waals surface area contributed by atoms with Crippen LogP contribution in [0.2, 0.25) is 0 Å². The highest BCUT2D eigenvalue weighted by atomic mass is 15.0. The first-order chi connectivity index (χ1) is 7.42. The lowest BCUT2D eigenvalue weighted by atomic mass is 9.86. The quantitative estimate of drug-likeness (QED) is 0.830. The molecule has 1 unspecified atom stereocenters. The highest BCUT2D eigenvalue weighted by molar-refractivity contribution is 4.92. The van der Waals surface area contributed by atoms with E-state index < -0.39 is 0 Å². The summed E-state index contributed by atoms with van der Waals surface area (Å²) < 4.78 is 2.10. The molecule has 1 atom stereocenters. The second kappa shape index (κ2) is 5.48. The van der Waals surface area contributed by atoms with Crippen LogP contribution in [0.5, 0.6) is 0 Å². The van der Waals surface area contributed by atoms with Gasteiger partial charge in [-0.25, -0.2) is 4.98 Å². The van der Waals surface area contributed by atoms with Crippen LogP contribution in [0.15, 0.2) is 12.4 Å². The molecule has 1 aromatic heterocycles. The van der Waals surface area contributed by atoms with Crippen molar-refractivity contribution < 1.29 is 0 Å². The Bertz CT molecular complexity index is 309. The summed E-state index contributed by atoms with van der Waals surface area (Å²) in [5.41, 5.74) is 0.384. The van der Waals surface area contributed by atoms with Crippen LogP contribution < -0.4 is 5.32 Å². The maximum atomic E-state index is 4.35. The van der Waals surface area contributed by atoms with E-state index in [1.165, 1.54) is 12.2 Å². The van der Waals surface area contributed by atoms with Gasteiger partial charge >= 0.3 is 0 Å². The number of nitrogens with zero attached hydrogens (tertiary/aromatic N) is 2. The van der Waals surface area contributed by atoms with Crippen molar-refractivity contribution in [1.29, 1.82) is 0 Å². The summed E-state index contributed by atoms with van der Waals surface area (Å²) in [4.78, 5) is 4.35. The number of nitrogens with one attached hydrogen (secondary N) is 1. The summed E-state index contributed by atoms with van der Waals surface area (Å²) in [6.07, 6.45) is 7.28. The molecule has 3 heteroatoms. The number of hydrogen-bond acceptors (Lipinski definition) is 2. The van der Waals surface area contributed by atoms with Crippen LogP contribution in [-0.4, -0.2) is 22.6 Å². The number of rotatable bonds is 5. The average Bonchev–Trinajstić information content (AvgIpc) is 2.57. The normalized spacial score (nSPS) is 14.1. The number of hydrogen-bond donors (Lipinski definition) is 1. The highest BCUT2D eigenvalue weighted by Crippen LogP contribution is 2.22. The third kappa shape index (κ3) is 4.35. The topological polar surface area (TPSA) is 29.9 Å². The summed E-state index contributed by atoms with van der Waals surface area (Å²) in [7, 11) is 4.11. The van der Waals surface area contributed by atoms with Crippen molar-refractivity contribution >= 4 is 0 Å². The fourth-order valence-electron chi connectivity index (χ4n) is 2.03. The van der Waals surface area contributed by atoms with Gasteiger partial charge < -0.3 is 9.88 Å².